The fourth-order valence-electron chi connectivity index (χ4n) is 4.07. The highest BCUT2D eigenvalue weighted by Crippen LogP contribution is 2.33. The molecule has 1 atom stereocenters. The average molecular weight is 428 g/mol. The number of nitrogens with one attached hydrogen (secondary N) is 1. The standard InChI is InChI=1S/C22H25N3O4S/c1-16-7-9-17(10-8-16)20-6-3-12-25(20)22(27)18-4-2-5-19(14-18)30(28,29)24-13-11-23-21(26)15-24/h2,4-5,7-10,14,20H,3,6,11-13,15H2,1H3,(H,23,26). The van der Waals surface area contributed by atoms with Crippen LogP contribution in [0, 0.1) is 6.92 Å². The minimum absolute atomic E-state index is 0.0100. The van der Waals surface area contributed by atoms with Gasteiger partial charge in [0.25, 0.3) is 5.91 Å². The van der Waals surface area contributed by atoms with Crippen LogP contribution in [0.15, 0.2) is 53.4 Å². The zero-order valence-electron chi connectivity index (χ0n) is 16.9. The predicted molar refractivity (Wildman–Crippen MR) is 112 cm³/mol. The van der Waals surface area contributed by atoms with Gasteiger partial charge in [0.2, 0.25) is 15.9 Å². The lowest BCUT2D eigenvalue weighted by Crippen LogP contribution is -2.49. The van der Waals surface area contributed by atoms with Crippen LogP contribution in [0.25, 0.3) is 0 Å². The third kappa shape index (κ3) is 3.97. The van der Waals surface area contributed by atoms with Crippen molar-refractivity contribution in [3.63, 3.8) is 0 Å². The van der Waals surface area contributed by atoms with E-state index < -0.39 is 10.0 Å². The molecule has 158 valence electrons. The third-order valence-corrected chi connectivity index (χ3v) is 7.54. The fourth-order valence-corrected chi connectivity index (χ4v) is 5.51. The molecule has 0 aliphatic carbocycles. The largest absolute Gasteiger partial charge is 0.354 e. The summed E-state index contributed by atoms with van der Waals surface area (Å²) in [6, 6.07) is 14.3. The Labute approximate surface area is 176 Å². The lowest BCUT2D eigenvalue weighted by atomic mass is 10.0. The van der Waals surface area contributed by atoms with E-state index >= 15 is 0 Å². The Morgan fingerprint density at radius 1 is 1.10 bits per heavy atom. The van der Waals surface area contributed by atoms with Crippen LogP contribution in [0.1, 0.15) is 40.4 Å². The minimum atomic E-state index is -3.84. The van der Waals surface area contributed by atoms with E-state index in [1.165, 1.54) is 17.7 Å². The number of rotatable bonds is 4. The first-order chi connectivity index (χ1) is 14.4. The normalized spacial score (nSPS) is 20.2. The number of hydrogen-bond donors (Lipinski definition) is 1. The number of sulfonamides is 1. The highest BCUT2D eigenvalue weighted by Gasteiger charge is 2.33. The van der Waals surface area contributed by atoms with E-state index in [0.29, 0.717) is 12.1 Å². The summed E-state index contributed by atoms with van der Waals surface area (Å²) in [7, 11) is -3.84. The highest BCUT2D eigenvalue weighted by molar-refractivity contribution is 7.89. The summed E-state index contributed by atoms with van der Waals surface area (Å²) in [5, 5.41) is 2.62. The predicted octanol–water partition coefficient (Wildman–Crippen LogP) is 2.09. The molecule has 30 heavy (non-hydrogen) atoms. The molecule has 0 saturated carbocycles. The van der Waals surface area contributed by atoms with E-state index in [-0.39, 0.29) is 42.4 Å². The molecule has 2 heterocycles. The second-order valence-corrected chi connectivity index (χ2v) is 9.72. The van der Waals surface area contributed by atoms with Gasteiger partial charge < -0.3 is 10.2 Å². The molecule has 2 aromatic carbocycles. The number of nitrogens with zero attached hydrogens (tertiary/aromatic N) is 2. The van der Waals surface area contributed by atoms with Crippen molar-refractivity contribution in [1.82, 2.24) is 14.5 Å². The molecule has 2 aromatic rings. The van der Waals surface area contributed by atoms with Gasteiger partial charge in [0.1, 0.15) is 0 Å². The number of carbonyl (C=O) groups is 2. The molecule has 0 aromatic heterocycles. The van der Waals surface area contributed by atoms with Gasteiger partial charge in [-0.1, -0.05) is 35.9 Å². The lowest BCUT2D eigenvalue weighted by Gasteiger charge is -2.27. The van der Waals surface area contributed by atoms with Gasteiger partial charge in [0, 0.05) is 25.2 Å². The van der Waals surface area contributed by atoms with Crippen molar-refractivity contribution in [1.29, 1.82) is 0 Å². The van der Waals surface area contributed by atoms with Crippen LogP contribution < -0.4 is 5.32 Å². The number of likely N-dealkylation sites (tertiary alicyclic amines) is 1. The molecule has 4 rings (SSSR count). The number of benzene rings is 2. The molecule has 0 spiro atoms. The van der Waals surface area contributed by atoms with E-state index in [9.17, 15) is 18.0 Å². The van der Waals surface area contributed by atoms with E-state index in [4.69, 9.17) is 0 Å². The molecular weight excluding hydrogens is 402 g/mol. The van der Waals surface area contributed by atoms with E-state index in [0.717, 1.165) is 22.7 Å². The lowest BCUT2D eigenvalue weighted by molar-refractivity contribution is -0.122. The Morgan fingerprint density at radius 3 is 2.60 bits per heavy atom. The fraction of sp³-hybridized carbons (Fsp3) is 0.364. The zero-order chi connectivity index (χ0) is 21.3. The summed E-state index contributed by atoms with van der Waals surface area (Å²) in [4.78, 5) is 26.7. The summed E-state index contributed by atoms with van der Waals surface area (Å²) in [5.74, 6) is -0.499. The van der Waals surface area contributed by atoms with Gasteiger partial charge in [0.15, 0.2) is 0 Å². The van der Waals surface area contributed by atoms with Crippen molar-refractivity contribution in [3.05, 3.63) is 65.2 Å². The van der Waals surface area contributed by atoms with E-state index in [1.54, 1.807) is 12.1 Å². The quantitative estimate of drug-likeness (QED) is 0.810. The Hall–Kier alpha value is -2.71. The van der Waals surface area contributed by atoms with Gasteiger partial charge >= 0.3 is 0 Å². The van der Waals surface area contributed by atoms with Crippen molar-refractivity contribution in [3.8, 4) is 0 Å². The zero-order valence-corrected chi connectivity index (χ0v) is 17.7. The average Bonchev–Trinajstić information content (AvgIpc) is 3.23. The van der Waals surface area contributed by atoms with Gasteiger partial charge in [-0.25, -0.2) is 8.42 Å². The second-order valence-electron chi connectivity index (χ2n) is 7.78. The minimum Gasteiger partial charge on any atom is -0.354 e. The van der Waals surface area contributed by atoms with E-state index in [2.05, 4.69) is 5.32 Å². The van der Waals surface area contributed by atoms with Crippen LogP contribution in [0.5, 0.6) is 0 Å². The molecule has 7 nitrogen and oxygen atoms in total. The molecule has 1 N–H and O–H groups in total. The third-order valence-electron chi connectivity index (χ3n) is 5.70. The van der Waals surface area contributed by atoms with Gasteiger partial charge in [-0.2, -0.15) is 4.31 Å². The van der Waals surface area contributed by atoms with Crippen molar-refractivity contribution in [2.45, 2.75) is 30.7 Å². The van der Waals surface area contributed by atoms with Gasteiger partial charge in [-0.15, -0.1) is 0 Å². The summed E-state index contributed by atoms with van der Waals surface area (Å²) < 4.78 is 27.1. The number of hydrogen-bond acceptors (Lipinski definition) is 4. The molecule has 2 amide bonds. The Balaban J connectivity index is 1.59. The molecular formula is C22H25N3O4S. The molecule has 1 unspecified atom stereocenters. The van der Waals surface area contributed by atoms with Crippen LogP contribution in [0.3, 0.4) is 0 Å². The first-order valence-electron chi connectivity index (χ1n) is 10.1. The first kappa shape index (κ1) is 20.6. The van der Waals surface area contributed by atoms with E-state index in [1.807, 2.05) is 36.1 Å². The number of carbonyl (C=O) groups excluding carboxylic acids is 2. The topological polar surface area (TPSA) is 86.8 Å². The highest BCUT2D eigenvalue weighted by atomic mass is 32.2. The summed E-state index contributed by atoms with van der Waals surface area (Å²) in [5.41, 5.74) is 2.60. The van der Waals surface area contributed by atoms with Crippen LogP contribution in [0.2, 0.25) is 0 Å². The number of amides is 2. The summed E-state index contributed by atoms with van der Waals surface area (Å²) in [6.45, 7) is 2.96. The van der Waals surface area contributed by atoms with Gasteiger partial charge in [-0.05, 0) is 43.5 Å². The number of aryl methyl sites for hydroxylation is 1. The monoisotopic (exact) mass is 427 g/mol. The Morgan fingerprint density at radius 2 is 1.87 bits per heavy atom. The van der Waals surface area contributed by atoms with Crippen molar-refractivity contribution in [2.75, 3.05) is 26.2 Å². The van der Waals surface area contributed by atoms with Crippen molar-refractivity contribution in [2.24, 2.45) is 0 Å². The maximum absolute atomic E-state index is 13.3. The van der Waals surface area contributed by atoms with Crippen molar-refractivity contribution >= 4 is 21.8 Å². The van der Waals surface area contributed by atoms with Crippen LogP contribution in [0.4, 0.5) is 0 Å². The van der Waals surface area contributed by atoms with Crippen LogP contribution in [-0.2, 0) is 14.8 Å². The molecule has 0 radical (unpaired) electrons. The smallest absolute Gasteiger partial charge is 0.254 e. The number of piperazine rings is 1. The maximum Gasteiger partial charge on any atom is 0.254 e. The molecule has 0 bridgehead atoms. The van der Waals surface area contributed by atoms with Gasteiger partial charge in [0.05, 0.1) is 17.5 Å². The molecule has 8 heteroatoms. The van der Waals surface area contributed by atoms with Crippen LogP contribution >= 0.6 is 0 Å². The second kappa shape index (κ2) is 8.20. The summed E-state index contributed by atoms with van der Waals surface area (Å²) in [6.07, 6.45) is 1.79. The SMILES string of the molecule is Cc1ccc(C2CCCN2C(=O)c2cccc(S(=O)(=O)N3CCNC(=O)C3)c2)cc1. The molecule has 2 fully saturated rings. The maximum atomic E-state index is 13.3. The molecule has 2 aliphatic heterocycles. The Kier molecular flexibility index (Phi) is 5.62. The molecule has 2 saturated heterocycles. The van der Waals surface area contributed by atoms with Crippen LogP contribution in [-0.4, -0.2) is 55.6 Å². The van der Waals surface area contributed by atoms with Crippen molar-refractivity contribution < 1.29 is 18.0 Å². The Bertz CT molecular complexity index is 1070. The first-order valence-corrected chi connectivity index (χ1v) is 11.5. The summed E-state index contributed by atoms with van der Waals surface area (Å²) >= 11 is 0. The van der Waals surface area contributed by atoms with Gasteiger partial charge in [-0.3, -0.25) is 9.59 Å². The molecule has 2 aliphatic rings.